The predicted molar refractivity (Wildman–Crippen MR) is 141 cm³/mol. The van der Waals surface area contributed by atoms with Gasteiger partial charge in [-0.2, -0.15) is 13.2 Å². The number of carbonyl (C=O) groups is 1. The number of alkyl halides is 3. The first-order valence-corrected chi connectivity index (χ1v) is 12.8. The van der Waals surface area contributed by atoms with Crippen LogP contribution in [-0.4, -0.2) is 33.5 Å². The Morgan fingerprint density at radius 1 is 1.13 bits per heavy atom. The van der Waals surface area contributed by atoms with Gasteiger partial charge in [0.05, 0.1) is 12.0 Å². The third kappa shape index (κ3) is 5.43. The second-order valence-corrected chi connectivity index (χ2v) is 9.97. The minimum Gasteiger partial charge on any atom is -0.326 e. The first kappa shape index (κ1) is 25.9. The van der Waals surface area contributed by atoms with Gasteiger partial charge < -0.3 is 10.6 Å². The Morgan fingerprint density at radius 3 is 2.66 bits per heavy atom. The third-order valence-electron chi connectivity index (χ3n) is 7.49. The molecule has 1 unspecified atom stereocenters. The molecule has 1 saturated heterocycles. The molecule has 1 amide bonds. The van der Waals surface area contributed by atoms with E-state index in [1.807, 2.05) is 48.7 Å². The SMILES string of the molecule is Cc1cc(-n2cnc3cccnc32)ccc1CC(=O)Nc1ccc(C(C)C2CCNCC2)c(C(F)(F)F)c1. The molecular weight excluding hydrogens is 491 g/mol. The molecule has 2 aromatic heterocycles. The zero-order valence-electron chi connectivity index (χ0n) is 21.3. The lowest BCUT2D eigenvalue weighted by Gasteiger charge is -2.30. The van der Waals surface area contributed by atoms with Crippen LogP contribution in [0.1, 0.15) is 47.9 Å². The summed E-state index contributed by atoms with van der Waals surface area (Å²) in [6.45, 7) is 5.41. The second kappa shape index (κ2) is 10.6. The number of hydrogen-bond donors (Lipinski definition) is 2. The Kier molecular flexibility index (Phi) is 7.21. The predicted octanol–water partition coefficient (Wildman–Crippen LogP) is 6.03. The van der Waals surface area contributed by atoms with Crippen LogP contribution in [0.4, 0.5) is 18.9 Å². The Balaban J connectivity index is 1.32. The molecule has 0 bridgehead atoms. The number of anilines is 1. The summed E-state index contributed by atoms with van der Waals surface area (Å²) in [5, 5.41) is 5.93. The van der Waals surface area contributed by atoms with Gasteiger partial charge in [-0.15, -0.1) is 0 Å². The molecular formula is C29H30F3N5O. The average Bonchev–Trinajstić information content (AvgIpc) is 3.34. The molecule has 1 aliphatic heterocycles. The Labute approximate surface area is 219 Å². The van der Waals surface area contributed by atoms with Crippen LogP contribution in [0.15, 0.2) is 61.1 Å². The van der Waals surface area contributed by atoms with Gasteiger partial charge in [-0.3, -0.25) is 9.36 Å². The van der Waals surface area contributed by atoms with Crippen molar-refractivity contribution in [1.82, 2.24) is 19.9 Å². The normalized spacial score (nSPS) is 15.5. The highest BCUT2D eigenvalue weighted by atomic mass is 19.4. The van der Waals surface area contributed by atoms with Crippen molar-refractivity contribution >= 4 is 22.8 Å². The minimum absolute atomic E-state index is 0.0453. The number of carbonyl (C=O) groups excluding carboxylic acids is 1. The summed E-state index contributed by atoms with van der Waals surface area (Å²) in [4.78, 5) is 21.6. The molecule has 6 nitrogen and oxygen atoms in total. The molecule has 4 aromatic rings. The number of halogens is 3. The van der Waals surface area contributed by atoms with Crippen molar-refractivity contribution in [3.05, 3.63) is 83.3 Å². The molecule has 5 rings (SSSR count). The number of nitrogens with zero attached hydrogens (tertiary/aromatic N) is 3. The van der Waals surface area contributed by atoms with Crippen LogP contribution in [-0.2, 0) is 17.4 Å². The van der Waals surface area contributed by atoms with Crippen LogP contribution in [0.2, 0.25) is 0 Å². The van der Waals surface area contributed by atoms with Gasteiger partial charge >= 0.3 is 6.18 Å². The van der Waals surface area contributed by atoms with Gasteiger partial charge in [0.25, 0.3) is 0 Å². The highest BCUT2D eigenvalue weighted by molar-refractivity contribution is 5.92. The molecule has 0 radical (unpaired) electrons. The van der Waals surface area contributed by atoms with Gasteiger partial charge in [-0.1, -0.05) is 19.1 Å². The van der Waals surface area contributed by atoms with Crippen LogP contribution in [0, 0.1) is 12.8 Å². The van der Waals surface area contributed by atoms with E-state index in [2.05, 4.69) is 20.6 Å². The maximum Gasteiger partial charge on any atom is 0.416 e. The van der Waals surface area contributed by atoms with Crippen molar-refractivity contribution in [3.8, 4) is 5.69 Å². The first-order valence-electron chi connectivity index (χ1n) is 12.8. The lowest BCUT2D eigenvalue weighted by molar-refractivity contribution is -0.138. The summed E-state index contributed by atoms with van der Waals surface area (Å²) >= 11 is 0. The molecule has 1 aliphatic rings. The number of benzene rings is 2. The maximum absolute atomic E-state index is 14.0. The lowest BCUT2D eigenvalue weighted by Crippen LogP contribution is -2.30. The molecule has 3 heterocycles. The minimum atomic E-state index is -4.50. The maximum atomic E-state index is 14.0. The van der Waals surface area contributed by atoms with Crippen LogP contribution in [0.3, 0.4) is 0 Å². The zero-order chi connectivity index (χ0) is 26.9. The monoisotopic (exact) mass is 521 g/mol. The highest BCUT2D eigenvalue weighted by Gasteiger charge is 2.36. The fraction of sp³-hybridized carbons (Fsp3) is 0.345. The fourth-order valence-corrected chi connectivity index (χ4v) is 5.32. The summed E-state index contributed by atoms with van der Waals surface area (Å²) in [6.07, 6.45) is 0.647. The average molecular weight is 522 g/mol. The summed E-state index contributed by atoms with van der Waals surface area (Å²) < 4.78 is 43.9. The van der Waals surface area contributed by atoms with Crippen LogP contribution in [0.25, 0.3) is 16.9 Å². The van der Waals surface area contributed by atoms with Crippen molar-refractivity contribution < 1.29 is 18.0 Å². The quantitative estimate of drug-likeness (QED) is 0.325. The van der Waals surface area contributed by atoms with Crippen molar-refractivity contribution in [2.24, 2.45) is 5.92 Å². The summed E-state index contributed by atoms with van der Waals surface area (Å²) in [5.74, 6) is -0.398. The number of amides is 1. The van der Waals surface area contributed by atoms with E-state index in [0.29, 0.717) is 0 Å². The molecule has 2 aromatic carbocycles. The molecule has 0 aliphatic carbocycles. The number of aromatic nitrogens is 3. The highest BCUT2D eigenvalue weighted by Crippen LogP contribution is 2.40. The van der Waals surface area contributed by atoms with Crippen molar-refractivity contribution in [3.63, 3.8) is 0 Å². The van der Waals surface area contributed by atoms with Crippen LogP contribution >= 0.6 is 0 Å². The first-order chi connectivity index (χ1) is 18.2. The second-order valence-electron chi connectivity index (χ2n) is 9.97. The van der Waals surface area contributed by atoms with Crippen LogP contribution in [0.5, 0.6) is 0 Å². The number of aryl methyl sites for hydroxylation is 1. The van der Waals surface area contributed by atoms with Crippen molar-refractivity contribution in [1.29, 1.82) is 0 Å². The fourth-order valence-electron chi connectivity index (χ4n) is 5.32. The topological polar surface area (TPSA) is 71.8 Å². The van der Waals surface area contributed by atoms with Gasteiger partial charge in [0.15, 0.2) is 5.65 Å². The van der Waals surface area contributed by atoms with E-state index >= 15 is 0 Å². The molecule has 198 valence electrons. The van der Waals surface area contributed by atoms with E-state index in [4.69, 9.17) is 0 Å². The number of rotatable bonds is 6. The van der Waals surface area contributed by atoms with Gasteiger partial charge in [-0.25, -0.2) is 9.97 Å². The van der Waals surface area contributed by atoms with Gasteiger partial charge in [0.2, 0.25) is 5.91 Å². The molecule has 0 saturated carbocycles. The van der Waals surface area contributed by atoms with E-state index < -0.39 is 11.7 Å². The molecule has 1 atom stereocenters. The van der Waals surface area contributed by atoms with E-state index in [9.17, 15) is 18.0 Å². The largest absolute Gasteiger partial charge is 0.416 e. The van der Waals surface area contributed by atoms with Gasteiger partial charge in [-0.05, 0) is 97.8 Å². The molecule has 0 spiro atoms. The number of pyridine rings is 1. The Morgan fingerprint density at radius 2 is 1.92 bits per heavy atom. The molecule has 9 heteroatoms. The van der Waals surface area contributed by atoms with E-state index in [1.54, 1.807) is 18.6 Å². The summed E-state index contributed by atoms with van der Waals surface area (Å²) in [6, 6.07) is 13.5. The van der Waals surface area contributed by atoms with E-state index in [1.165, 1.54) is 6.07 Å². The zero-order valence-corrected chi connectivity index (χ0v) is 21.3. The molecule has 2 N–H and O–H groups in total. The standard InChI is InChI=1S/C29H30F3N5O/c1-18-14-23(37-17-35-26-4-3-11-34-28(26)37)7-5-21(18)15-27(38)36-22-6-8-24(25(16-22)29(30,31)32)19(2)20-9-12-33-13-10-20/h3-8,11,14,16-17,19-20,33H,9-10,12-13,15H2,1-2H3,(H,36,38). The number of piperidine rings is 1. The molecule has 38 heavy (non-hydrogen) atoms. The number of nitrogens with one attached hydrogen (secondary N) is 2. The van der Waals surface area contributed by atoms with Gasteiger partial charge in [0, 0.05) is 17.6 Å². The van der Waals surface area contributed by atoms with Crippen molar-refractivity contribution in [2.75, 3.05) is 18.4 Å². The Bertz CT molecular complexity index is 1460. The summed E-state index contributed by atoms with van der Waals surface area (Å²) in [5.41, 5.74) is 3.81. The van der Waals surface area contributed by atoms with Gasteiger partial charge in [0.1, 0.15) is 11.8 Å². The van der Waals surface area contributed by atoms with E-state index in [-0.39, 0.29) is 35.4 Å². The third-order valence-corrected chi connectivity index (χ3v) is 7.49. The van der Waals surface area contributed by atoms with E-state index in [0.717, 1.165) is 60.0 Å². The number of fused-ring (bicyclic) bond motifs is 1. The lowest BCUT2D eigenvalue weighted by atomic mass is 9.80. The summed E-state index contributed by atoms with van der Waals surface area (Å²) in [7, 11) is 0. The number of hydrogen-bond acceptors (Lipinski definition) is 4. The Hall–Kier alpha value is -3.72. The number of imidazole rings is 1. The van der Waals surface area contributed by atoms with Crippen molar-refractivity contribution in [2.45, 2.75) is 45.2 Å². The van der Waals surface area contributed by atoms with Crippen LogP contribution < -0.4 is 10.6 Å². The molecule has 1 fully saturated rings. The smallest absolute Gasteiger partial charge is 0.326 e.